The van der Waals surface area contributed by atoms with E-state index in [0.717, 1.165) is 0 Å². The third kappa shape index (κ3) is 5.55. The molecule has 0 aromatic heterocycles. The van der Waals surface area contributed by atoms with E-state index in [9.17, 15) is 0 Å². The molecule has 2 aliphatic carbocycles. The second-order valence-corrected chi connectivity index (χ2v) is 21.8. The Morgan fingerprint density at radius 2 is 1.11 bits per heavy atom. The van der Waals surface area contributed by atoms with Crippen LogP contribution in [0, 0.1) is 13.8 Å². The molecule has 7 aromatic carbocycles. The third-order valence-electron chi connectivity index (χ3n) is 15.4. The van der Waals surface area contributed by atoms with Gasteiger partial charge >= 0.3 is 0 Å². The first-order chi connectivity index (χ1) is 29.5. The van der Waals surface area contributed by atoms with Gasteiger partial charge in [-0.2, -0.15) is 0 Å². The van der Waals surface area contributed by atoms with Crippen LogP contribution in [0.25, 0.3) is 22.3 Å². The molecule has 0 fully saturated rings. The van der Waals surface area contributed by atoms with Gasteiger partial charge in [0.25, 0.3) is 6.71 Å². The van der Waals surface area contributed by atoms with E-state index < -0.39 is 0 Å². The summed E-state index contributed by atoms with van der Waals surface area (Å²) in [6, 6.07) is 51.8. The topological polar surface area (TPSA) is 6.48 Å². The van der Waals surface area contributed by atoms with Crippen LogP contribution in [-0.4, -0.2) is 6.71 Å². The number of rotatable bonds is 3. The van der Waals surface area contributed by atoms with E-state index >= 15 is 0 Å². The number of anilines is 6. The minimum atomic E-state index is -0.110. The Morgan fingerprint density at radius 1 is 0.484 bits per heavy atom. The molecule has 11 rings (SSSR count). The van der Waals surface area contributed by atoms with Crippen LogP contribution in [0.2, 0.25) is 0 Å². The molecule has 0 N–H and O–H groups in total. The molecule has 0 spiro atoms. The Balaban J connectivity index is 1.25. The minimum absolute atomic E-state index is 0.0225. The third-order valence-corrected chi connectivity index (χ3v) is 15.4. The van der Waals surface area contributed by atoms with Gasteiger partial charge < -0.3 is 9.80 Å². The molecule has 7 aromatic rings. The summed E-state index contributed by atoms with van der Waals surface area (Å²) in [5.74, 6) is 0. The summed E-state index contributed by atoms with van der Waals surface area (Å²) in [4.78, 5) is 5.32. The predicted octanol–water partition coefficient (Wildman–Crippen LogP) is 14.0. The largest absolute Gasteiger partial charge is 0.311 e. The molecular formula is C59H59BN2. The molecule has 4 aliphatic rings. The van der Waals surface area contributed by atoms with E-state index in [1.165, 1.54) is 125 Å². The van der Waals surface area contributed by atoms with Crippen molar-refractivity contribution < 1.29 is 0 Å². The van der Waals surface area contributed by atoms with Crippen LogP contribution >= 0.6 is 0 Å². The Hall–Kier alpha value is -5.80. The highest BCUT2D eigenvalue weighted by molar-refractivity contribution is 7.00. The van der Waals surface area contributed by atoms with Crippen molar-refractivity contribution in [3.63, 3.8) is 0 Å². The van der Waals surface area contributed by atoms with Crippen molar-refractivity contribution in [2.24, 2.45) is 0 Å². The Labute approximate surface area is 370 Å². The van der Waals surface area contributed by atoms with Gasteiger partial charge in [-0.3, -0.25) is 0 Å². The van der Waals surface area contributed by atoms with Gasteiger partial charge in [-0.15, -0.1) is 0 Å². The van der Waals surface area contributed by atoms with Gasteiger partial charge in [-0.25, -0.2) is 0 Å². The molecule has 0 radical (unpaired) electrons. The Bertz CT molecular complexity index is 3010. The standard InChI is InChI=1S/C59H59BN2/c1-36-30-52-55-53(31-36)62(49-23-17-22-43-54(49)41-20-15-16-21-42(41)59(43,10)11)50-33-40(56(3,4)5)25-26-46(50)60(55)47-34-44-45(58(8,9)29-28-57(44,6)7)35-51(47)61(52)48-27-24-39(32-37(48)2)38-18-13-12-14-19-38/h12-27,30-35H,28-29H2,1-11H3. The van der Waals surface area contributed by atoms with Gasteiger partial charge in [-0.05, 0) is 157 Å². The van der Waals surface area contributed by atoms with Crippen molar-refractivity contribution in [2.75, 3.05) is 9.80 Å². The maximum atomic E-state index is 2.67. The molecule has 0 saturated carbocycles. The van der Waals surface area contributed by atoms with Crippen molar-refractivity contribution in [1.82, 2.24) is 0 Å². The fourth-order valence-electron chi connectivity index (χ4n) is 11.8. The summed E-state index contributed by atoms with van der Waals surface area (Å²) < 4.78 is 0. The van der Waals surface area contributed by atoms with Gasteiger partial charge in [-0.1, -0.05) is 153 Å². The van der Waals surface area contributed by atoms with Crippen molar-refractivity contribution in [3.8, 4) is 22.3 Å². The smallest absolute Gasteiger partial charge is 0.252 e. The lowest BCUT2D eigenvalue weighted by Crippen LogP contribution is -2.62. The first kappa shape index (κ1) is 39.1. The molecule has 0 bridgehead atoms. The summed E-state index contributed by atoms with van der Waals surface area (Å²) in [5, 5.41) is 0. The summed E-state index contributed by atoms with van der Waals surface area (Å²) in [7, 11) is 0. The predicted molar refractivity (Wildman–Crippen MR) is 267 cm³/mol. The first-order valence-corrected chi connectivity index (χ1v) is 22.9. The van der Waals surface area contributed by atoms with E-state index in [1.807, 2.05) is 0 Å². The minimum Gasteiger partial charge on any atom is -0.311 e. The fourth-order valence-corrected chi connectivity index (χ4v) is 11.8. The molecule has 62 heavy (non-hydrogen) atoms. The van der Waals surface area contributed by atoms with Gasteiger partial charge in [0.1, 0.15) is 0 Å². The van der Waals surface area contributed by atoms with Gasteiger partial charge in [0, 0.05) is 39.4 Å². The Kier molecular flexibility index (Phi) is 8.27. The van der Waals surface area contributed by atoms with Crippen molar-refractivity contribution in [2.45, 2.75) is 111 Å². The summed E-state index contributed by atoms with van der Waals surface area (Å²) in [6.07, 6.45) is 2.35. The van der Waals surface area contributed by atoms with Gasteiger partial charge in [0.15, 0.2) is 0 Å². The zero-order valence-electron chi connectivity index (χ0n) is 38.6. The highest BCUT2D eigenvalue weighted by Gasteiger charge is 2.48. The van der Waals surface area contributed by atoms with Crippen LogP contribution in [0.3, 0.4) is 0 Å². The second-order valence-electron chi connectivity index (χ2n) is 21.8. The number of aryl methyl sites for hydroxylation is 2. The van der Waals surface area contributed by atoms with E-state index in [2.05, 4.69) is 219 Å². The number of hydrogen-bond donors (Lipinski definition) is 0. The van der Waals surface area contributed by atoms with Gasteiger partial charge in [0.05, 0.1) is 5.69 Å². The van der Waals surface area contributed by atoms with Crippen LogP contribution in [0.1, 0.15) is 114 Å². The molecule has 0 saturated heterocycles. The molecule has 3 heteroatoms. The Morgan fingerprint density at radius 3 is 1.81 bits per heavy atom. The van der Waals surface area contributed by atoms with Crippen molar-refractivity contribution in [3.05, 3.63) is 172 Å². The maximum absolute atomic E-state index is 2.67. The van der Waals surface area contributed by atoms with Gasteiger partial charge in [0.2, 0.25) is 0 Å². The normalized spacial score (nSPS) is 17.1. The van der Waals surface area contributed by atoms with Crippen LogP contribution in [-0.2, 0) is 21.7 Å². The highest BCUT2D eigenvalue weighted by Crippen LogP contribution is 2.56. The molecule has 2 aliphatic heterocycles. The van der Waals surface area contributed by atoms with Crippen LogP contribution in [0.15, 0.2) is 133 Å². The van der Waals surface area contributed by atoms with E-state index in [4.69, 9.17) is 0 Å². The number of hydrogen-bond acceptors (Lipinski definition) is 2. The fraction of sp³-hybridized carbons (Fsp3) is 0.288. The second kappa shape index (κ2) is 13.1. The summed E-state index contributed by atoms with van der Waals surface area (Å²) in [6.45, 7) is 26.4. The van der Waals surface area contributed by atoms with E-state index in [0.29, 0.717) is 0 Å². The first-order valence-electron chi connectivity index (χ1n) is 22.9. The van der Waals surface area contributed by atoms with Crippen molar-refractivity contribution >= 4 is 57.2 Å². The molecule has 308 valence electrons. The molecule has 0 atom stereocenters. The summed E-state index contributed by atoms with van der Waals surface area (Å²) in [5.41, 5.74) is 26.7. The quantitative estimate of drug-likeness (QED) is 0.164. The van der Waals surface area contributed by atoms with E-state index in [-0.39, 0.29) is 28.4 Å². The molecule has 2 nitrogen and oxygen atoms in total. The van der Waals surface area contributed by atoms with E-state index in [1.54, 1.807) is 0 Å². The zero-order valence-corrected chi connectivity index (χ0v) is 38.6. The molecule has 0 unspecified atom stereocenters. The number of benzene rings is 7. The number of nitrogens with zero attached hydrogens (tertiary/aromatic N) is 2. The average molecular weight is 807 g/mol. The van der Waals surface area contributed by atoms with Crippen LogP contribution < -0.4 is 26.2 Å². The number of fused-ring (bicyclic) bond motifs is 8. The maximum Gasteiger partial charge on any atom is 0.252 e. The van der Waals surface area contributed by atoms with Crippen molar-refractivity contribution in [1.29, 1.82) is 0 Å². The lowest BCUT2D eigenvalue weighted by atomic mass is 9.33. The lowest BCUT2D eigenvalue weighted by Gasteiger charge is -2.48. The van der Waals surface area contributed by atoms with Crippen LogP contribution in [0.5, 0.6) is 0 Å². The average Bonchev–Trinajstić information content (AvgIpc) is 3.48. The highest BCUT2D eigenvalue weighted by atomic mass is 15.2. The molecule has 2 heterocycles. The SMILES string of the molecule is Cc1cc2c3c(c1)N(c1cccc4c1-c1ccccc1C4(C)C)c1cc(C(C)(C)C)ccc1B3c1cc3c(cc1N2c1ccc(-c2ccccc2)cc1C)C(C)(C)CCC3(C)C. The van der Waals surface area contributed by atoms with Crippen LogP contribution in [0.4, 0.5) is 34.1 Å². The monoisotopic (exact) mass is 806 g/mol. The molecule has 0 amide bonds. The lowest BCUT2D eigenvalue weighted by molar-refractivity contribution is 0.332. The molecular weight excluding hydrogens is 747 g/mol. The summed E-state index contributed by atoms with van der Waals surface area (Å²) >= 11 is 0. The zero-order chi connectivity index (χ0) is 43.2.